The summed E-state index contributed by atoms with van der Waals surface area (Å²) in [5.41, 5.74) is 3.25. The smallest absolute Gasteiger partial charge is 0.665 e. The van der Waals surface area contributed by atoms with E-state index in [1.54, 1.807) is 37.0 Å². The number of para-hydroxylation sites is 4. The molecule has 5 heteroatoms. The minimum atomic E-state index is 0. The van der Waals surface area contributed by atoms with Crippen molar-refractivity contribution in [1.82, 2.24) is 0 Å². The molecular weight excluding hydrogens is 331 g/mol. The molecule has 1 aliphatic heterocycles. The zero-order valence-electron chi connectivity index (χ0n) is 12.2. The molecule has 0 spiro atoms. The number of nitrogens with zero attached hydrogens (tertiary/aromatic N) is 4. The molecule has 1 radical (unpaired) electrons. The molecule has 1 heterocycles. The third kappa shape index (κ3) is 4.67. The number of allylic oxidation sites excluding steroid dienone is 2. The van der Waals surface area contributed by atoms with Gasteiger partial charge in [0.25, 0.3) is 0 Å². The van der Waals surface area contributed by atoms with Crippen LogP contribution in [0.5, 0.6) is 0 Å². The van der Waals surface area contributed by atoms with E-state index >= 15 is 0 Å². The fourth-order valence-corrected chi connectivity index (χ4v) is 1.94. The summed E-state index contributed by atoms with van der Waals surface area (Å²) in [6.45, 7) is 0. The molecule has 0 fully saturated rings. The van der Waals surface area contributed by atoms with Gasteiger partial charge in [0.1, 0.15) is 0 Å². The van der Waals surface area contributed by atoms with E-state index < -0.39 is 0 Å². The Bertz CT molecular complexity index is 699. The van der Waals surface area contributed by atoms with E-state index in [0.717, 1.165) is 22.7 Å². The van der Waals surface area contributed by atoms with E-state index in [2.05, 4.69) is 20.6 Å². The molecule has 23 heavy (non-hydrogen) atoms. The van der Waals surface area contributed by atoms with Crippen LogP contribution in [0.2, 0.25) is 0 Å². The number of hydrogen-bond acceptors (Lipinski definition) is 2. The fourth-order valence-electron chi connectivity index (χ4n) is 1.94. The minimum Gasteiger partial charge on any atom is -0.665 e. The molecule has 0 saturated carbocycles. The van der Waals surface area contributed by atoms with Gasteiger partial charge in [0.15, 0.2) is 0 Å². The normalized spacial score (nSPS) is 15.7. The summed E-state index contributed by atoms with van der Waals surface area (Å²) in [6.07, 6.45) is 10.4. The quantitative estimate of drug-likeness (QED) is 0.576. The van der Waals surface area contributed by atoms with E-state index in [1.165, 1.54) is 0 Å². The number of hydrogen-bond donors (Lipinski definition) is 0. The first-order valence-electron chi connectivity index (χ1n) is 6.92. The maximum atomic E-state index is 4.40. The van der Waals surface area contributed by atoms with Crippen LogP contribution in [0.1, 0.15) is 0 Å². The van der Waals surface area contributed by atoms with Crippen LogP contribution in [0.15, 0.2) is 83.1 Å². The summed E-state index contributed by atoms with van der Waals surface area (Å²) in [5.74, 6) is 0. The molecule has 0 aromatic heterocycles. The van der Waals surface area contributed by atoms with Crippen molar-refractivity contribution in [2.24, 2.45) is 9.98 Å². The zero-order valence-corrected chi connectivity index (χ0v) is 13.2. The molecule has 0 saturated heterocycles. The van der Waals surface area contributed by atoms with Gasteiger partial charge >= 0.3 is 16.8 Å². The molecule has 3 rings (SSSR count). The Morgan fingerprint density at radius 2 is 1.04 bits per heavy atom. The van der Waals surface area contributed by atoms with Gasteiger partial charge in [0.2, 0.25) is 0 Å². The van der Waals surface area contributed by atoms with Crippen LogP contribution in [0.25, 0.3) is 10.6 Å². The van der Waals surface area contributed by atoms with Crippen LogP contribution in [-0.2, 0) is 16.8 Å². The van der Waals surface area contributed by atoms with Crippen molar-refractivity contribution in [3.8, 4) is 0 Å². The Morgan fingerprint density at radius 3 is 1.52 bits per heavy atom. The van der Waals surface area contributed by atoms with Gasteiger partial charge in [-0.15, -0.1) is 0 Å². The average molecular weight is 345 g/mol. The molecule has 0 N–H and O–H groups in total. The van der Waals surface area contributed by atoms with Crippen LogP contribution < -0.4 is 0 Å². The van der Waals surface area contributed by atoms with E-state index in [1.807, 2.05) is 48.5 Å². The third-order valence-corrected chi connectivity index (χ3v) is 2.96. The maximum absolute atomic E-state index is 4.40. The summed E-state index contributed by atoms with van der Waals surface area (Å²) in [4.78, 5) is 8.80. The van der Waals surface area contributed by atoms with Gasteiger partial charge in [-0.2, -0.15) is 23.8 Å². The zero-order chi connectivity index (χ0) is 15.0. The van der Waals surface area contributed by atoms with Crippen molar-refractivity contribution in [3.05, 3.63) is 83.7 Å². The van der Waals surface area contributed by atoms with Gasteiger partial charge in [0.05, 0.1) is 11.4 Å². The predicted octanol–water partition coefficient (Wildman–Crippen LogP) is 5.84. The van der Waals surface area contributed by atoms with Crippen molar-refractivity contribution >= 4 is 35.2 Å². The number of aliphatic imine (C=N–C) groups is 2. The van der Waals surface area contributed by atoms with Crippen LogP contribution in [0, 0.1) is 0 Å². The van der Waals surface area contributed by atoms with Gasteiger partial charge in [-0.25, -0.2) is 0 Å². The second-order valence-corrected chi connectivity index (χ2v) is 4.48. The second kappa shape index (κ2) is 8.72. The predicted molar refractivity (Wildman–Crippen MR) is 93.5 cm³/mol. The Morgan fingerprint density at radius 1 is 0.609 bits per heavy atom. The Balaban J connectivity index is 0.00000192. The minimum absolute atomic E-state index is 0. The molecule has 0 bridgehead atoms. The Labute approximate surface area is 146 Å². The molecule has 4 nitrogen and oxygen atoms in total. The third-order valence-electron chi connectivity index (χ3n) is 2.96. The number of fused-ring (bicyclic) bond motifs is 2. The maximum Gasteiger partial charge on any atom is 2.00 e. The molecule has 0 aliphatic carbocycles. The van der Waals surface area contributed by atoms with Crippen LogP contribution in [0.4, 0.5) is 22.7 Å². The molecule has 0 amide bonds. The van der Waals surface area contributed by atoms with Gasteiger partial charge in [-0.1, -0.05) is 48.6 Å². The summed E-state index contributed by atoms with van der Waals surface area (Å²) in [7, 11) is 0. The summed E-state index contributed by atoms with van der Waals surface area (Å²) in [6, 6.07) is 15.4. The molecular formula is C18H14CoN4. The molecule has 0 unspecified atom stereocenters. The first-order chi connectivity index (χ1) is 10.9. The average Bonchev–Trinajstić information content (AvgIpc) is 2.56. The van der Waals surface area contributed by atoms with Crippen LogP contribution in [0.3, 0.4) is 0 Å². The van der Waals surface area contributed by atoms with E-state index in [-0.39, 0.29) is 16.8 Å². The van der Waals surface area contributed by atoms with Gasteiger partial charge in [0, 0.05) is 12.4 Å². The number of rotatable bonds is 0. The standard InChI is InChI=1S/C18H14N4.Co/c1-2-8-16-15(7-1)19-11-5-13-21-17-9-3-4-10-18(17)22-14-6-12-20-16;/h1-14H;/q-2;+2/b11-5-,12-6-,21-13?,22-14?;. The number of benzene rings is 2. The van der Waals surface area contributed by atoms with Crippen molar-refractivity contribution in [2.45, 2.75) is 0 Å². The molecule has 2 aromatic carbocycles. The van der Waals surface area contributed by atoms with E-state index in [4.69, 9.17) is 0 Å². The summed E-state index contributed by atoms with van der Waals surface area (Å²) >= 11 is 0. The monoisotopic (exact) mass is 345 g/mol. The first-order valence-corrected chi connectivity index (χ1v) is 6.92. The Kier molecular flexibility index (Phi) is 6.35. The van der Waals surface area contributed by atoms with Crippen molar-refractivity contribution in [3.63, 3.8) is 0 Å². The molecule has 2 aromatic rings. The second-order valence-electron chi connectivity index (χ2n) is 4.48. The molecule has 0 atom stereocenters. The van der Waals surface area contributed by atoms with Gasteiger partial charge in [-0.3, -0.25) is 9.98 Å². The Hall–Kier alpha value is -2.63. The largest absolute Gasteiger partial charge is 2.00 e. The summed E-state index contributed by atoms with van der Waals surface area (Å²) in [5, 5.41) is 8.80. The topological polar surface area (TPSA) is 52.9 Å². The molecule has 1 aliphatic rings. The fraction of sp³-hybridized carbons (Fsp3) is 0. The molecule has 115 valence electrons. The first kappa shape index (κ1) is 16.7. The van der Waals surface area contributed by atoms with Crippen LogP contribution >= 0.6 is 0 Å². The van der Waals surface area contributed by atoms with E-state index in [9.17, 15) is 0 Å². The van der Waals surface area contributed by atoms with Crippen molar-refractivity contribution in [2.75, 3.05) is 0 Å². The van der Waals surface area contributed by atoms with E-state index in [0.29, 0.717) is 0 Å². The van der Waals surface area contributed by atoms with Gasteiger partial charge in [-0.05, 0) is 12.1 Å². The van der Waals surface area contributed by atoms with Crippen molar-refractivity contribution < 1.29 is 16.8 Å². The van der Waals surface area contributed by atoms with Crippen LogP contribution in [-0.4, -0.2) is 12.4 Å². The summed E-state index contributed by atoms with van der Waals surface area (Å²) < 4.78 is 0. The van der Waals surface area contributed by atoms with Gasteiger partial charge < -0.3 is 10.6 Å². The van der Waals surface area contributed by atoms with Crippen molar-refractivity contribution in [1.29, 1.82) is 0 Å². The SMILES string of the molecule is C1=Nc2ccccc2N=C/C=C\[N-]c2ccccc2[N-]/C=C\1.[Co+2].